The molecule has 0 heterocycles. The molecule has 0 atom stereocenters. The highest BCUT2D eigenvalue weighted by Crippen LogP contribution is 2.29. The molecule has 0 radical (unpaired) electrons. The summed E-state index contributed by atoms with van der Waals surface area (Å²) in [6.45, 7) is 0.858. The zero-order valence-electron chi connectivity index (χ0n) is 18.7. The van der Waals surface area contributed by atoms with Crippen LogP contribution in [0.25, 0.3) is 0 Å². The minimum Gasteiger partial charge on any atom is -0.497 e. The van der Waals surface area contributed by atoms with Crippen molar-refractivity contribution in [1.82, 2.24) is 5.43 Å². The van der Waals surface area contributed by atoms with Gasteiger partial charge < -0.3 is 4.74 Å². The van der Waals surface area contributed by atoms with E-state index in [0.29, 0.717) is 21.9 Å². The van der Waals surface area contributed by atoms with Crippen LogP contribution in [0.15, 0.2) is 76.7 Å². The molecule has 0 fully saturated rings. The molecule has 12 heteroatoms. The van der Waals surface area contributed by atoms with Gasteiger partial charge in [-0.3, -0.25) is 19.2 Å². The molecule has 3 aromatic rings. The van der Waals surface area contributed by atoms with Gasteiger partial charge in [-0.15, -0.1) is 0 Å². The predicted octanol–water partition coefficient (Wildman–Crippen LogP) is 3.91. The lowest BCUT2D eigenvalue weighted by Gasteiger charge is -2.24. The monoisotopic (exact) mass is 516 g/mol. The number of carbonyl (C=O) groups excluding carboxylic acids is 1. The fourth-order valence-corrected chi connectivity index (χ4v) is 4.68. The molecule has 0 aliphatic heterocycles. The van der Waals surface area contributed by atoms with Crippen molar-refractivity contribution >= 4 is 45.1 Å². The second-order valence-corrected chi connectivity index (χ2v) is 9.50. The van der Waals surface area contributed by atoms with Crippen LogP contribution in [0, 0.1) is 17.0 Å². The van der Waals surface area contributed by atoms with Gasteiger partial charge in [0.2, 0.25) is 0 Å². The fraction of sp³-hybridized carbons (Fsp3) is 0.130. The summed E-state index contributed by atoms with van der Waals surface area (Å²) in [4.78, 5) is 23.0. The lowest BCUT2D eigenvalue weighted by Crippen LogP contribution is -2.39. The largest absolute Gasteiger partial charge is 0.497 e. The number of hydrogen-bond acceptors (Lipinski definition) is 7. The van der Waals surface area contributed by atoms with Crippen molar-refractivity contribution in [3.8, 4) is 5.75 Å². The highest BCUT2D eigenvalue weighted by Gasteiger charge is 2.29. The Labute approximate surface area is 207 Å². The molecular weight excluding hydrogens is 496 g/mol. The van der Waals surface area contributed by atoms with Gasteiger partial charge in [0.15, 0.2) is 0 Å². The molecule has 0 aliphatic rings. The van der Waals surface area contributed by atoms with Gasteiger partial charge in [0.25, 0.3) is 21.6 Å². The molecule has 0 aliphatic carbocycles. The van der Waals surface area contributed by atoms with Gasteiger partial charge in [-0.05, 0) is 43.3 Å². The number of aryl methyl sites for hydroxylation is 1. The van der Waals surface area contributed by atoms with Crippen LogP contribution in [0.1, 0.15) is 11.1 Å². The van der Waals surface area contributed by atoms with Crippen LogP contribution in [-0.4, -0.2) is 39.1 Å². The van der Waals surface area contributed by atoms with Crippen LogP contribution in [0.2, 0.25) is 5.02 Å². The molecule has 10 nitrogen and oxygen atoms in total. The Hall–Kier alpha value is -3.96. The third-order valence-electron chi connectivity index (χ3n) is 4.91. The van der Waals surface area contributed by atoms with Crippen LogP contribution in [0.5, 0.6) is 5.75 Å². The maximum Gasteiger partial charge on any atom is 0.273 e. The summed E-state index contributed by atoms with van der Waals surface area (Å²) in [6, 6.07) is 16.4. The molecule has 1 amide bonds. The molecule has 0 saturated carbocycles. The normalized spacial score (nSPS) is 11.3. The van der Waals surface area contributed by atoms with E-state index in [1.165, 1.54) is 56.6 Å². The third-order valence-corrected chi connectivity index (χ3v) is 7.03. The van der Waals surface area contributed by atoms with E-state index in [9.17, 15) is 23.3 Å². The number of hydrazone groups is 1. The zero-order valence-corrected chi connectivity index (χ0v) is 20.3. The van der Waals surface area contributed by atoms with Gasteiger partial charge in [-0.25, -0.2) is 13.8 Å². The number of nitro groups is 1. The van der Waals surface area contributed by atoms with Gasteiger partial charge in [-0.2, -0.15) is 5.10 Å². The predicted molar refractivity (Wildman–Crippen MR) is 133 cm³/mol. The van der Waals surface area contributed by atoms with Crippen molar-refractivity contribution in [2.75, 3.05) is 18.0 Å². The lowest BCUT2D eigenvalue weighted by molar-refractivity contribution is -0.385. The summed E-state index contributed by atoms with van der Waals surface area (Å²) in [5, 5.41) is 15.6. The Kier molecular flexibility index (Phi) is 8.05. The van der Waals surface area contributed by atoms with Crippen LogP contribution in [0.4, 0.5) is 11.4 Å². The smallest absolute Gasteiger partial charge is 0.273 e. The highest BCUT2D eigenvalue weighted by molar-refractivity contribution is 7.92. The van der Waals surface area contributed by atoms with E-state index in [1.807, 2.05) is 0 Å². The van der Waals surface area contributed by atoms with E-state index < -0.39 is 27.4 Å². The van der Waals surface area contributed by atoms with E-state index in [-0.39, 0.29) is 16.3 Å². The second-order valence-electron chi connectivity index (χ2n) is 7.23. The first-order valence-electron chi connectivity index (χ1n) is 10.1. The number of hydrogen-bond donors (Lipinski definition) is 1. The molecule has 0 saturated heterocycles. The summed E-state index contributed by atoms with van der Waals surface area (Å²) in [6.07, 6.45) is 1.33. The Morgan fingerprint density at radius 3 is 2.49 bits per heavy atom. The number of anilines is 1. The molecule has 0 spiro atoms. The summed E-state index contributed by atoms with van der Waals surface area (Å²) < 4.78 is 32.9. The number of ether oxygens (including phenoxy) is 1. The van der Waals surface area contributed by atoms with E-state index in [2.05, 4.69) is 10.5 Å². The number of amides is 1. The number of benzene rings is 3. The number of carbonyl (C=O) groups is 1. The molecule has 182 valence electrons. The molecular formula is C23H21ClN4O6S. The molecule has 3 rings (SSSR count). The maximum absolute atomic E-state index is 13.5. The van der Waals surface area contributed by atoms with Gasteiger partial charge in [0.1, 0.15) is 12.3 Å². The first kappa shape index (κ1) is 25.7. The Bertz CT molecular complexity index is 1380. The average Bonchev–Trinajstić information content (AvgIpc) is 2.83. The van der Waals surface area contributed by atoms with Gasteiger partial charge in [0.05, 0.1) is 28.8 Å². The summed E-state index contributed by atoms with van der Waals surface area (Å²) in [5.74, 6) is -0.264. The third kappa shape index (κ3) is 6.14. The lowest BCUT2D eigenvalue weighted by atomic mass is 10.2. The molecule has 0 unspecified atom stereocenters. The summed E-state index contributed by atoms with van der Waals surface area (Å²) in [5.41, 5.74) is 2.94. The van der Waals surface area contributed by atoms with Crippen molar-refractivity contribution in [3.05, 3.63) is 93.0 Å². The topological polar surface area (TPSA) is 131 Å². The number of nitrogens with zero attached hydrogens (tertiary/aromatic N) is 3. The first-order valence-corrected chi connectivity index (χ1v) is 11.9. The zero-order chi connectivity index (χ0) is 25.6. The highest BCUT2D eigenvalue weighted by atomic mass is 35.5. The van der Waals surface area contributed by atoms with Crippen molar-refractivity contribution < 1.29 is 22.9 Å². The molecule has 0 aromatic heterocycles. The van der Waals surface area contributed by atoms with Crippen LogP contribution >= 0.6 is 11.6 Å². The van der Waals surface area contributed by atoms with Crippen LogP contribution in [-0.2, 0) is 14.8 Å². The van der Waals surface area contributed by atoms with Gasteiger partial charge >= 0.3 is 0 Å². The van der Waals surface area contributed by atoms with Crippen molar-refractivity contribution in [3.63, 3.8) is 0 Å². The van der Waals surface area contributed by atoms with Crippen molar-refractivity contribution in [2.24, 2.45) is 5.10 Å². The summed E-state index contributed by atoms with van der Waals surface area (Å²) in [7, 11) is -2.91. The quantitative estimate of drug-likeness (QED) is 0.260. The van der Waals surface area contributed by atoms with E-state index in [1.54, 1.807) is 24.3 Å². The number of nitrogens with one attached hydrogen (secondary N) is 1. The fourth-order valence-electron chi connectivity index (χ4n) is 3.06. The Balaban J connectivity index is 1.93. The van der Waals surface area contributed by atoms with Crippen molar-refractivity contribution in [1.29, 1.82) is 0 Å². The number of rotatable bonds is 9. The van der Waals surface area contributed by atoms with Crippen LogP contribution in [0.3, 0.4) is 0 Å². The number of sulfonamides is 1. The first-order chi connectivity index (χ1) is 16.6. The number of halogens is 1. The van der Waals surface area contributed by atoms with Crippen molar-refractivity contribution in [2.45, 2.75) is 11.8 Å². The average molecular weight is 517 g/mol. The van der Waals surface area contributed by atoms with E-state index in [4.69, 9.17) is 16.3 Å². The van der Waals surface area contributed by atoms with E-state index >= 15 is 0 Å². The summed E-state index contributed by atoms with van der Waals surface area (Å²) >= 11 is 6.05. The Morgan fingerprint density at radius 2 is 1.86 bits per heavy atom. The second kappa shape index (κ2) is 11.0. The number of nitro benzene ring substituents is 1. The maximum atomic E-state index is 13.5. The SMILES string of the molecule is COc1ccc(N(CC(=O)NN=Cc2ccccc2Cl)S(=O)(=O)c2ccc(C)c([N+](=O)[O-])c2)cc1. The van der Waals surface area contributed by atoms with Gasteiger partial charge in [-0.1, -0.05) is 35.9 Å². The standard InChI is InChI=1S/C23H21ClN4O6S/c1-16-7-12-20(13-22(16)28(30)31)35(32,33)27(18-8-10-19(34-2)11-9-18)15-23(29)26-25-14-17-5-3-4-6-21(17)24/h3-14H,15H2,1-2H3,(H,26,29). The minimum absolute atomic E-state index is 0.152. The van der Waals surface area contributed by atoms with E-state index in [0.717, 1.165) is 10.4 Å². The van der Waals surface area contributed by atoms with Crippen LogP contribution < -0.4 is 14.5 Å². The molecule has 35 heavy (non-hydrogen) atoms. The molecule has 0 bridgehead atoms. The molecule has 3 aromatic carbocycles. The van der Waals surface area contributed by atoms with Gasteiger partial charge in [0, 0.05) is 22.2 Å². The molecule has 1 N–H and O–H groups in total. The Morgan fingerprint density at radius 1 is 1.17 bits per heavy atom. The minimum atomic E-state index is -4.37. The number of methoxy groups -OCH3 is 1.